The Bertz CT molecular complexity index is 526. The lowest BCUT2D eigenvalue weighted by atomic mass is 10.1. The van der Waals surface area contributed by atoms with Crippen LogP contribution in [-0.2, 0) is 23.9 Å². The maximum Gasteiger partial charge on any atom is 0.325 e. The fraction of sp³-hybridized carbons (Fsp3) is 0.733. The number of amides is 3. The molecular weight excluding hydrogens is 348 g/mol. The fourth-order valence-corrected chi connectivity index (χ4v) is 3.22. The van der Waals surface area contributed by atoms with Crippen LogP contribution in [0.2, 0.25) is 0 Å². The van der Waals surface area contributed by atoms with Crippen LogP contribution in [0.5, 0.6) is 0 Å². The number of nitrogens with one attached hydrogen (secondary N) is 4. The Morgan fingerprint density at radius 1 is 1.28 bits per heavy atom. The zero-order chi connectivity index (χ0) is 18.2. The topological polar surface area (TPSA) is 126 Å². The number of esters is 1. The molecule has 9 nitrogen and oxygen atoms in total. The van der Waals surface area contributed by atoms with Crippen molar-refractivity contribution >= 4 is 35.5 Å². The number of hydrogen-bond donors (Lipinski definition) is 4. The summed E-state index contributed by atoms with van der Waals surface area (Å²) in [6.07, 6.45) is 2.49. The van der Waals surface area contributed by atoms with Crippen molar-refractivity contribution in [2.45, 2.75) is 50.2 Å². The molecule has 2 fully saturated rings. The first-order valence-electron chi connectivity index (χ1n) is 8.35. The number of ether oxygens (including phenoxy) is 1. The highest BCUT2D eigenvalue weighted by atomic mass is 32.2. The van der Waals surface area contributed by atoms with Crippen molar-refractivity contribution in [3.05, 3.63) is 0 Å². The summed E-state index contributed by atoms with van der Waals surface area (Å²) >= 11 is 1.19. The molecule has 1 saturated carbocycles. The molecule has 4 N–H and O–H groups in total. The van der Waals surface area contributed by atoms with Crippen LogP contribution in [0.1, 0.15) is 32.6 Å². The zero-order valence-corrected chi connectivity index (χ0v) is 14.9. The summed E-state index contributed by atoms with van der Waals surface area (Å²) in [4.78, 5) is 46.5. The summed E-state index contributed by atoms with van der Waals surface area (Å²) in [5.41, 5.74) is -0.451. The molecule has 2 atom stereocenters. The Morgan fingerprint density at radius 3 is 2.72 bits per heavy atom. The van der Waals surface area contributed by atoms with Crippen molar-refractivity contribution in [2.75, 3.05) is 18.9 Å². The first-order valence-corrected chi connectivity index (χ1v) is 9.39. The molecule has 25 heavy (non-hydrogen) atoms. The van der Waals surface area contributed by atoms with E-state index in [2.05, 4.69) is 21.3 Å². The van der Waals surface area contributed by atoms with Gasteiger partial charge in [-0.2, -0.15) is 0 Å². The summed E-state index contributed by atoms with van der Waals surface area (Å²) < 4.78 is 4.72. The van der Waals surface area contributed by atoms with Crippen LogP contribution in [0.3, 0.4) is 0 Å². The summed E-state index contributed by atoms with van der Waals surface area (Å²) in [7, 11) is 0. The molecule has 1 heterocycles. The van der Waals surface area contributed by atoms with Crippen LogP contribution in [0.25, 0.3) is 0 Å². The van der Waals surface area contributed by atoms with E-state index in [9.17, 15) is 19.2 Å². The zero-order valence-electron chi connectivity index (χ0n) is 14.1. The molecule has 3 amide bonds. The third-order valence-corrected chi connectivity index (χ3v) is 4.62. The number of rotatable bonds is 9. The molecule has 1 saturated heterocycles. The third-order valence-electron chi connectivity index (χ3n) is 3.60. The van der Waals surface area contributed by atoms with E-state index in [4.69, 9.17) is 4.74 Å². The first kappa shape index (κ1) is 19.5. The van der Waals surface area contributed by atoms with Crippen LogP contribution in [0, 0.1) is 0 Å². The minimum absolute atomic E-state index is 0.0642. The van der Waals surface area contributed by atoms with E-state index in [1.54, 1.807) is 6.92 Å². The van der Waals surface area contributed by atoms with Crippen molar-refractivity contribution < 1.29 is 23.9 Å². The summed E-state index contributed by atoms with van der Waals surface area (Å²) in [5.74, 6) is -0.981. The molecular formula is C15H24N4O5S. The molecule has 10 heteroatoms. The summed E-state index contributed by atoms with van der Waals surface area (Å²) in [5, 5.41) is 11.2. The van der Waals surface area contributed by atoms with E-state index < -0.39 is 11.5 Å². The molecule has 0 aromatic carbocycles. The maximum atomic E-state index is 11.8. The predicted octanol–water partition coefficient (Wildman–Crippen LogP) is -1.17. The standard InChI is InChI=1S/C15H24N4O5S/c1-2-24-14(23)7-16-13(22)8-25-15-18-10(6-12(21)19-15)5-11(20)17-9-3-4-9/h9-10,15,18H,2-8H2,1H3,(H,16,22)(H,17,20)(H,19,21). The van der Waals surface area contributed by atoms with Crippen molar-refractivity contribution in [3.63, 3.8) is 0 Å². The normalized spacial score (nSPS) is 22.7. The van der Waals surface area contributed by atoms with Crippen molar-refractivity contribution in [2.24, 2.45) is 0 Å². The Kier molecular flexibility index (Phi) is 7.51. The van der Waals surface area contributed by atoms with Gasteiger partial charge in [0.05, 0.1) is 12.4 Å². The van der Waals surface area contributed by atoms with E-state index >= 15 is 0 Å². The number of carbonyl (C=O) groups excluding carboxylic acids is 4. The second-order valence-electron chi connectivity index (χ2n) is 5.95. The van der Waals surface area contributed by atoms with Gasteiger partial charge in [-0.05, 0) is 19.8 Å². The van der Waals surface area contributed by atoms with E-state index in [0.29, 0.717) is 0 Å². The minimum Gasteiger partial charge on any atom is -0.465 e. The van der Waals surface area contributed by atoms with Gasteiger partial charge >= 0.3 is 5.97 Å². The smallest absolute Gasteiger partial charge is 0.325 e. The van der Waals surface area contributed by atoms with Gasteiger partial charge in [-0.15, -0.1) is 11.8 Å². The van der Waals surface area contributed by atoms with Gasteiger partial charge in [-0.3, -0.25) is 24.5 Å². The molecule has 0 aromatic rings. The lowest BCUT2D eigenvalue weighted by molar-refractivity contribution is -0.143. The van der Waals surface area contributed by atoms with Crippen molar-refractivity contribution in [1.82, 2.24) is 21.3 Å². The summed E-state index contributed by atoms with van der Waals surface area (Å²) in [6, 6.07) is 0.0331. The van der Waals surface area contributed by atoms with Crippen LogP contribution in [-0.4, -0.2) is 60.2 Å². The van der Waals surface area contributed by atoms with Crippen LogP contribution >= 0.6 is 11.8 Å². The highest BCUT2D eigenvalue weighted by molar-refractivity contribution is 8.00. The van der Waals surface area contributed by atoms with Crippen LogP contribution in [0.4, 0.5) is 0 Å². The van der Waals surface area contributed by atoms with Crippen LogP contribution < -0.4 is 21.3 Å². The number of thioether (sulfide) groups is 1. The van der Waals surface area contributed by atoms with E-state index in [0.717, 1.165) is 12.8 Å². The van der Waals surface area contributed by atoms with Gasteiger partial charge in [0.2, 0.25) is 17.7 Å². The molecule has 1 aliphatic carbocycles. The van der Waals surface area contributed by atoms with Crippen molar-refractivity contribution in [1.29, 1.82) is 0 Å². The Hall–Kier alpha value is -1.81. The molecule has 0 radical (unpaired) electrons. The largest absolute Gasteiger partial charge is 0.465 e. The Morgan fingerprint density at radius 2 is 2.04 bits per heavy atom. The lowest BCUT2D eigenvalue weighted by Gasteiger charge is -2.30. The molecule has 0 aromatic heterocycles. The quantitative estimate of drug-likeness (QED) is 0.376. The third kappa shape index (κ3) is 7.74. The monoisotopic (exact) mass is 372 g/mol. The molecule has 2 unspecified atom stereocenters. The van der Waals surface area contributed by atoms with Crippen LogP contribution in [0.15, 0.2) is 0 Å². The average molecular weight is 372 g/mol. The molecule has 0 spiro atoms. The second-order valence-corrected chi connectivity index (χ2v) is 7.05. The molecule has 2 aliphatic rings. The summed E-state index contributed by atoms with van der Waals surface area (Å²) in [6.45, 7) is 1.77. The maximum absolute atomic E-state index is 11.8. The van der Waals surface area contributed by atoms with Crippen molar-refractivity contribution in [3.8, 4) is 0 Å². The fourth-order valence-electron chi connectivity index (χ4n) is 2.30. The Labute approximate surface area is 150 Å². The first-order chi connectivity index (χ1) is 12.0. The number of carbonyl (C=O) groups is 4. The van der Waals surface area contributed by atoms with E-state index in [-0.39, 0.29) is 61.6 Å². The highest BCUT2D eigenvalue weighted by Crippen LogP contribution is 2.19. The molecule has 140 valence electrons. The molecule has 1 aliphatic heterocycles. The van der Waals surface area contributed by atoms with Gasteiger partial charge in [-0.1, -0.05) is 0 Å². The Balaban J connectivity index is 1.67. The van der Waals surface area contributed by atoms with Gasteiger partial charge in [0.25, 0.3) is 0 Å². The van der Waals surface area contributed by atoms with Gasteiger partial charge in [-0.25, -0.2) is 0 Å². The SMILES string of the molecule is CCOC(=O)CNC(=O)CSC1NC(=O)CC(CC(=O)NC2CC2)N1. The average Bonchev–Trinajstić information content (AvgIpc) is 3.34. The van der Waals surface area contributed by atoms with E-state index in [1.165, 1.54) is 11.8 Å². The molecule has 2 rings (SSSR count). The van der Waals surface area contributed by atoms with E-state index in [1.807, 2.05) is 0 Å². The minimum atomic E-state index is -0.494. The predicted molar refractivity (Wildman–Crippen MR) is 91.4 cm³/mol. The van der Waals surface area contributed by atoms with Gasteiger partial charge in [0.15, 0.2) is 0 Å². The van der Waals surface area contributed by atoms with Gasteiger partial charge in [0, 0.05) is 24.9 Å². The highest BCUT2D eigenvalue weighted by Gasteiger charge is 2.30. The second kappa shape index (κ2) is 9.62. The number of hydrogen-bond acceptors (Lipinski definition) is 7. The molecule has 0 bridgehead atoms. The lowest BCUT2D eigenvalue weighted by Crippen LogP contribution is -2.56. The van der Waals surface area contributed by atoms with Gasteiger partial charge in [0.1, 0.15) is 12.0 Å². The van der Waals surface area contributed by atoms with Gasteiger partial charge < -0.3 is 20.7 Å².